The second-order valence-electron chi connectivity index (χ2n) is 3.42. The molecule has 1 heterocycles. The molecule has 0 N–H and O–H groups in total. The Bertz CT molecular complexity index is 614. The smallest absolute Gasteiger partial charge is 0.427 e. The molecule has 0 aliphatic rings. The maximum absolute atomic E-state index is 13.3. The van der Waals surface area contributed by atoms with Crippen LogP contribution in [0.1, 0.15) is 0 Å². The minimum atomic E-state index is -0.662. The van der Waals surface area contributed by atoms with Crippen molar-refractivity contribution in [2.24, 2.45) is 7.05 Å². The largest absolute Gasteiger partial charge is 0.434 e. The molecule has 18 heavy (non-hydrogen) atoms. The van der Waals surface area contributed by atoms with E-state index in [2.05, 4.69) is 20.9 Å². The van der Waals surface area contributed by atoms with Crippen LogP contribution in [0.15, 0.2) is 29.0 Å². The van der Waals surface area contributed by atoms with Crippen LogP contribution in [0.3, 0.4) is 0 Å². The van der Waals surface area contributed by atoms with Crippen LogP contribution in [0.4, 0.5) is 10.2 Å². The summed E-state index contributed by atoms with van der Waals surface area (Å²) in [5, 5.41) is 10.7. The van der Waals surface area contributed by atoms with Crippen LogP contribution < -0.4 is 4.74 Å². The lowest BCUT2D eigenvalue weighted by atomic mass is 10.3. The fourth-order valence-electron chi connectivity index (χ4n) is 1.30. The van der Waals surface area contributed by atoms with Gasteiger partial charge in [-0.25, -0.2) is 4.39 Å². The van der Waals surface area contributed by atoms with E-state index < -0.39 is 16.6 Å². The highest BCUT2D eigenvalue weighted by Crippen LogP contribution is 2.30. The molecule has 0 amide bonds. The topological polar surface area (TPSA) is 70.2 Å². The quantitative estimate of drug-likeness (QED) is 0.644. The van der Waals surface area contributed by atoms with Crippen LogP contribution in [0.25, 0.3) is 0 Å². The van der Waals surface area contributed by atoms with Crippen LogP contribution in [-0.4, -0.2) is 14.5 Å². The molecule has 0 atom stereocenters. The van der Waals surface area contributed by atoms with E-state index in [1.807, 2.05) is 0 Å². The molecular formula is C10H7BrFN3O3. The Kier molecular flexibility index (Phi) is 3.28. The third-order valence-electron chi connectivity index (χ3n) is 2.14. The molecule has 8 heteroatoms. The molecule has 2 rings (SSSR count). The van der Waals surface area contributed by atoms with Crippen LogP contribution in [-0.2, 0) is 7.05 Å². The van der Waals surface area contributed by atoms with E-state index in [0.717, 1.165) is 6.07 Å². The summed E-state index contributed by atoms with van der Waals surface area (Å²) in [6.45, 7) is 0. The Morgan fingerprint density at radius 3 is 2.89 bits per heavy atom. The summed E-state index contributed by atoms with van der Waals surface area (Å²) in [4.78, 5) is 13.6. The Morgan fingerprint density at radius 1 is 1.56 bits per heavy atom. The number of nitro groups is 1. The SMILES string of the molecule is Cn1cnc([N+](=O)[O-])c1Oc1ccc(Br)c(F)c1. The first-order chi connectivity index (χ1) is 8.49. The van der Waals surface area contributed by atoms with Gasteiger partial charge in [0, 0.05) is 13.1 Å². The number of imidazole rings is 1. The Balaban J connectivity index is 2.36. The van der Waals surface area contributed by atoms with Gasteiger partial charge in [0.15, 0.2) is 0 Å². The Morgan fingerprint density at radius 2 is 2.28 bits per heavy atom. The summed E-state index contributed by atoms with van der Waals surface area (Å²) < 4.78 is 20.2. The van der Waals surface area contributed by atoms with Crippen LogP contribution >= 0.6 is 15.9 Å². The Labute approximate surface area is 109 Å². The van der Waals surface area contributed by atoms with E-state index in [0.29, 0.717) is 0 Å². The van der Waals surface area contributed by atoms with Gasteiger partial charge in [-0.3, -0.25) is 4.57 Å². The monoisotopic (exact) mass is 315 g/mol. The number of halogens is 2. The minimum absolute atomic E-state index is 0.0540. The Hall–Kier alpha value is -1.96. The third kappa shape index (κ3) is 2.33. The van der Waals surface area contributed by atoms with Crippen molar-refractivity contribution in [1.29, 1.82) is 0 Å². The molecule has 0 unspecified atom stereocenters. The van der Waals surface area contributed by atoms with Gasteiger partial charge in [-0.2, -0.15) is 0 Å². The average Bonchev–Trinajstić information content (AvgIpc) is 2.66. The van der Waals surface area contributed by atoms with Gasteiger partial charge in [-0.05, 0) is 38.0 Å². The van der Waals surface area contributed by atoms with E-state index in [9.17, 15) is 14.5 Å². The highest BCUT2D eigenvalue weighted by atomic mass is 79.9. The fourth-order valence-corrected chi connectivity index (χ4v) is 1.55. The summed E-state index contributed by atoms with van der Waals surface area (Å²) in [5.41, 5.74) is 0. The van der Waals surface area contributed by atoms with E-state index >= 15 is 0 Å². The lowest BCUT2D eigenvalue weighted by Gasteiger charge is -2.05. The zero-order valence-corrected chi connectivity index (χ0v) is 10.7. The number of rotatable bonds is 3. The number of hydrogen-bond acceptors (Lipinski definition) is 4. The maximum Gasteiger partial charge on any atom is 0.427 e. The van der Waals surface area contributed by atoms with Crippen LogP contribution in [0.2, 0.25) is 0 Å². The van der Waals surface area contributed by atoms with Crippen molar-refractivity contribution in [2.75, 3.05) is 0 Å². The molecule has 0 aliphatic carbocycles. The fraction of sp³-hybridized carbons (Fsp3) is 0.100. The standard InChI is InChI=1S/C10H7BrFN3O3/c1-14-5-13-9(15(16)17)10(14)18-6-2-3-7(11)8(12)4-6/h2-5H,1H3. The third-order valence-corrected chi connectivity index (χ3v) is 2.79. The van der Waals surface area contributed by atoms with Crippen molar-refractivity contribution < 1.29 is 14.1 Å². The van der Waals surface area contributed by atoms with Gasteiger partial charge < -0.3 is 14.9 Å². The predicted molar refractivity (Wildman–Crippen MR) is 64.0 cm³/mol. The summed E-state index contributed by atoms with van der Waals surface area (Å²) in [6.07, 6.45) is 1.25. The van der Waals surface area contributed by atoms with Crippen molar-refractivity contribution in [2.45, 2.75) is 0 Å². The molecular weight excluding hydrogens is 309 g/mol. The van der Waals surface area contributed by atoms with Gasteiger partial charge in [-0.15, -0.1) is 0 Å². The average molecular weight is 316 g/mol. The molecule has 0 saturated heterocycles. The molecule has 0 spiro atoms. The van der Waals surface area contributed by atoms with Gasteiger partial charge in [0.1, 0.15) is 11.6 Å². The normalized spacial score (nSPS) is 10.4. The van der Waals surface area contributed by atoms with Gasteiger partial charge in [0.2, 0.25) is 6.33 Å². The van der Waals surface area contributed by atoms with Crippen LogP contribution in [0.5, 0.6) is 11.6 Å². The molecule has 6 nitrogen and oxygen atoms in total. The number of benzene rings is 1. The lowest BCUT2D eigenvalue weighted by molar-refractivity contribution is -0.390. The zero-order valence-electron chi connectivity index (χ0n) is 9.13. The van der Waals surface area contributed by atoms with Gasteiger partial charge >= 0.3 is 11.7 Å². The summed E-state index contributed by atoms with van der Waals surface area (Å²) in [5.74, 6) is -0.831. The number of aromatic nitrogens is 2. The molecule has 0 bridgehead atoms. The number of aryl methyl sites for hydroxylation is 1. The van der Waals surface area contributed by atoms with Gasteiger partial charge in [0.25, 0.3) is 0 Å². The first-order valence-electron chi connectivity index (χ1n) is 4.77. The van der Waals surface area contributed by atoms with Crippen molar-refractivity contribution in [1.82, 2.24) is 9.55 Å². The second-order valence-corrected chi connectivity index (χ2v) is 4.27. The lowest BCUT2D eigenvalue weighted by Crippen LogP contribution is -1.96. The van der Waals surface area contributed by atoms with Gasteiger partial charge in [0.05, 0.1) is 4.47 Å². The molecule has 94 valence electrons. The summed E-state index contributed by atoms with van der Waals surface area (Å²) in [6, 6.07) is 4.07. The molecule has 0 radical (unpaired) electrons. The second kappa shape index (κ2) is 4.73. The number of ether oxygens (including phenoxy) is 1. The highest BCUT2D eigenvalue weighted by molar-refractivity contribution is 9.10. The van der Waals surface area contributed by atoms with Crippen molar-refractivity contribution >= 4 is 21.7 Å². The first kappa shape index (κ1) is 12.5. The molecule has 0 saturated carbocycles. The molecule has 1 aromatic carbocycles. The number of hydrogen-bond donors (Lipinski definition) is 0. The maximum atomic E-state index is 13.3. The molecule has 0 aliphatic heterocycles. The molecule has 2 aromatic rings. The zero-order chi connectivity index (χ0) is 13.3. The summed E-state index contributed by atoms with van der Waals surface area (Å²) in [7, 11) is 1.55. The van der Waals surface area contributed by atoms with Crippen molar-refractivity contribution in [3.63, 3.8) is 0 Å². The number of nitrogens with zero attached hydrogens (tertiary/aromatic N) is 3. The van der Waals surface area contributed by atoms with E-state index in [-0.39, 0.29) is 16.1 Å². The van der Waals surface area contributed by atoms with E-state index in [1.54, 1.807) is 7.05 Å². The van der Waals surface area contributed by atoms with Gasteiger partial charge in [-0.1, -0.05) is 0 Å². The first-order valence-corrected chi connectivity index (χ1v) is 5.57. The van der Waals surface area contributed by atoms with E-state index in [1.165, 1.54) is 23.0 Å². The van der Waals surface area contributed by atoms with Crippen molar-refractivity contribution in [3.8, 4) is 11.6 Å². The molecule has 1 aromatic heterocycles. The minimum Gasteiger partial charge on any atom is -0.434 e. The molecule has 0 fully saturated rings. The predicted octanol–water partition coefficient (Wildman–Crippen LogP) is 3.02. The van der Waals surface area contributed by atoms with Crippen LogP contribution in [0, 0.1) is 15.9 Å². The van der Waals surface area contributed by atoms with E-state index in [4.69, 9.17) is 4.74 Å². The summed E-state index contributed by atoms with van der Waals surface area (Å²) >= 11 is 3.00. The highest BCUT2D eigenvalue weighted by Gasteiger charge is 2.22. The van der Waals surface area contributed by atoms with Crippen molar-refractivity contribution in [3.05, 3.63) is 44.9 Å².